The number of ether oxygens (including phenoxy) is 1. The largest absolute Gasteiger partial charge is 0.397 e. The Morgan fingerprint density at radius 2 is 1.85 bits per heavy atom. The molecule has 1 aliphatic rings. The van der Waals surface area contributed by atoms with E-state index < -0.39 is 5.60 Å². The first kappa shape index (κ1) is 25.9. The number of carbonyl (C=O) groups is 2. The van der Waals surface area contributed by atoms with Crippen molar-refractivity contribution in [2.45, 2.75) is 52.2 Å². The number of allylic oxidation sites excluding steroid dienone is 2. The van der Waals surface area contributed by atoms with Gasteiger partial charge in [0.15, 0.2) is 0 Å². The van der Waals surface area contributed by atoms with Gasteiger partial charge >= 0.3 is 0 Å². The van der Waals surface area contributed by atoms with Crippen LogP contribution in [0.15, 0.2) is 66.5 Å². The zero-order valence-corrected chi connectivity index (χ0v) is 19.9. The van der Waals surface area contributed by atoms with Crippen LogP contribution >= 0.6 is 0 Å². The van der Waals surface area contributed by atoms with Gasteiger partial charge in [-0.2, -0.15) is 0 Å². The van der Waals surface area contributed by atoms with E-state index in [1.807, 2.05) is 45.0 Å². The lowest BCUT2D eigenvalue weighted by molar-refractivity contribution is -0.132. The molecule has 0 bridgehead atoms. The smallest absolute Gasteiger partial charge is 0.227 e. The minimum absolute atomic E-state index is 0.0328. The van der Waals surface area contributed by atoms with Gasteiger partial charge < -0.3 is 26.4 Å². The number of carbonyl (C=O) groups excluding carboxylic acids is 2. The van der Waals surface area contributed by atoms with Crippen molar-refractivity contribution >= 4 is 17.5 Å². The summed E-state index contributed by atoms with van der Waals surface area (Å²) in [5, 5.41) is 2.86. The summed E-state index contributed by atoms with van der Waals surface area (Å²) in [5.41, 5.74) is 15.6. The SMILES string of the molecule is C=CC1=C(\C=C)N(C(=O)CCC(=O)NCC(C)(C)OCCC)Cc2ccccc2/C(N)=C\1N. The number of hydrogen-bond donors (Lipinski definition) is 3. The van der Waals surface area contributed by atoms with E-state index in [1.165, 1.54) is 0 Å². The number of rotatable bonds is 10. The van der Waals surface area contributed by atoms with Crippen LogP contribution in [0.3, 0.4) is 0 Å². The number of fused-ring (bicyclic) bond motifs is 1. The summed E-state index contributed by atoms with van der Waals surface area (Å²) < 4.78 is 5.74. The summed E-state index contributed by atoms with van der Waals surface area (Å²) in [6, 6.07) is 7.53. The van der Waals surface area contributed by atoms with Crippen LogP contribution in [0, 0.1) is 0 Å². The van der Waals surface area contributed by atoms with Gasteiger partial charge in [0.1, 0.15) is 0 Å². The fourth-order valence-electron chi connectivity index (χ4n) is 3.59. The van der Waals surface area contributed by atoms with Gasteiger partial charge in [-0.3, -0.25) is 9.59 Å². The summed E-state index contributed by atoms with van der Waals surface area (Å²) in [6.07, 6.45) is 4.13. The van der Waals surface area contributed by atoms with Gasteiger partial charge in [0, 0.05) is 37.1 Å². The Bertz CT molecular complexity index is 976. The lowest BCUT2D eigenvalue weighted by Gasteiger charge is -2.30. The molecule has 0 saturated heterocycles. The lowest BCUT2D eigenvalue weighted by Crippen LogP contribution is -2.41. The Morgan fingerprint density at radius 3 is 2.48 bits per heavy atom. The van der Waals surface area contributed by atoms with Gasteiger partial charge in [-0.05, 0) is 31.9 Å². The second-order valence-corrected chi connectivity index (χ2v) is 8.56. The molecule has 1 heterocycles. The van der Waals surface area contributed by atoms with Gasteiger partial charge in [-0.25, -0.2) is 0 Å². The minimum Gasteiger partial charge on any atom is -0.397 e. The number of amides is 2. The zero-order chi connectivity index (χ0) is 24.6. The maximum Gasteiger partial charge on any atom is 0.227 e. The van der Waals surface area contributed by atoms with Crippen LogP contribution in [-0.4, -0.2) is 35.5 Å². The Kier molecular flexibility index (Phi) is 9.05. The third-order valence-electron chi connectivity index (χ3n) is 5.46. The van der Waals surface area contributed by atoms with Gasteiger partial charge in [0.2, 0.25) is 11.8 Å². The average molecular weight is 453 g/mol. The van der Waals surface area contributed by atoms with Crippen LogP contribution in [0.4, 0.5) is 0 Å². The van der Waals surface area contributed by atoms with Crippen molar-refractivity contribution < 1.29 is 14.3 Å². The Balaban J connectivity index is 2.21. The molecule has 1 aromatic carbocycles. The van der Waals surface area contributed by atoms with Crippen LogP contribution in [-0.2, 0) is 20.9 Å². The molecule has 5 N–H and O–H groups in total. The number of nitrogens with zero attached hydrogens (tertiary/aromatic N) is 1. The van der Waals surface area contributed by atoms with Crippen molar-refractivity contribution in [2.24, 2.45) is 11.5 Å². The summed E-state index contributed by atoms with van der Waals surface area (Å²) in [5.74, 6) is -0.426. The molecule has 1 aromatic rings. The summed E-state index contributed by atoms with van der Waals surface area (Å²) in [6.45, 7) is 14.9. The molecular formula is C26H36N4O3. The molecule has 1 aliphatic heterocycles. The highest BCUT2D eigenvalue weighted by atomic mass is 16.5. The molecular weight excluding hydrogens is 416 g/mol. The standard InChI is InChI=1S/C26H36N4O3/c1-6-15-33-26(4,5)17-29-22(31)13-14-23(32)30-16-18-11-9-10-12-20(18)25(28)24(27)19(7-2)21(30)8-3/h7-12H,2-3,6,13-17,27-28H2,1,4-5H3,(H,29,31)/b21-19-,25-24-. The van der Waals surface area contributed by atoms with Crippen molar-refractivity contribution in [2.75, 3.05) is 13.2 Å². The maximum atomic E-state index is 13.3. The highest BCUT2D eigenvalue weighted by Gasteiger charge is 2.26. The van der Waals surface area contributed by atoms with E-state index in [-0.39, 0.29) is 31.2 Å². The molecule has 178 valence electrons. The van der Waals surface area contributed by atoms with Gasteiger partial charge in [0.05, 0.1) is 29.2 Å². The zero-order valence-electron chi connectivity index (χ0n) is 19.9. The quantitative estimate of drug-likeness (QED) is 0.504. The highest BCUT2D eigenvalue weighted by Crippen LogP contribution is 2.30. The van der Waals surface area contributed by atoms with Crippen LogP contribution in [0.25, 0.3) is 5.70 Å². The predicted molar refractivity (Wildman–Crippen MR) is 132 cm³/mol. The van der Waals surface area contributed by atoms with Crippen LogP contribution in [0.1, 0.15) is 51.2 Å². The van der Waals surface area contributed by atoms with E-state index in [2.05, 4.69) is 18.5 Å². The number of hydrogen-bond acceptors (Lipinski definition) is 5. The predicted octanol–water partition coefficient (Wildman–Crippen LogP) is 3.34. The van der Waals surface area contributed by atoms with Crippen LogP contribution < -0.4 is 16.8 Å². The normalized spacial score (nSPS) is 18.7. The average Bonchev–Trinajstić information content (AvgIpc) is 2.80. The fraction of sp³-hybridized carbons (Fsp3) is 0.385. The second-order valence-electron chi connectivity index (χ2n) is 8.56. The van der Waals surface area contributed by atoms with Crippen LogP contribution in [0.2, 0.25) is 0 Å². The number of benzene rings is 1. The molecule has 0 aliphatic carbocycles. The molecule has 0 unspecified atom stereocenters. The molecule has 7 heteroatoms. The van der Waals surface area contributed by atoms with E-state index in [4.69, 9.17) is 16.2 Å². The van der Waals surface area contributed by atoms with E-state index in [0.29, 0.717) is 35.8 Å². The topological polar surface area (TPSA) is 111 Å². The molecule has 7 nitrogen and oxygen atoms in total. The first-order valence-corrected chi connectivity index (χ1v) is 11.2. The molecule has 2 rings (SSSR count). The van der Waals surface area contributed by atoms with Crippen molar-refractivity contribution in [3.63, 3.8) is 0 Å². The molecule has 0 saturated carbocycles. The van der Waals surface area contributed by atoms with E-state index in [9.17, 15) is 9.59 Å². The molecule has 0 radical (unpaired) electrons. The van der Waals surface area contributed by atoms with Crippen molar-refractivity contribution in [1.82, 2.24) is 10.2 Å². The summed E-state index contributed by atoms with van der Waals surface area (Å²) in [7, 11) is 0. The lowest BCUT2D eigenvalue weighted by atomic mass is 9.96. The van der Waals surface area contributed by atoms with Gasteiger partial charge in [0.25, 0.3) is 0 Å². The fourth-order valence-corrected chi connectivity index (χ4v) is 3.59. The minimum atomic E-state index is -0.468. The van der Waals surface area contributed by atoms with E-state index in [0.717, 1.165) is 17.5 Å². The van der Waals surface area contributed by atoms with Gasteiger partial charge in [-0.15, -0.1) is 0 Å². The molecule has 2 amide bonds. The van der Waals surface area contributed by atoms with Gasteiger partial charge in [-0.1, -0.05) is 50.4 Å². The number of nitrogens with two attached hydrogens (primary N) is 2. The third-order valence-corrected chi connectivity index (χ3v) is 5.46. The summed E-state index contributed by atoms with van der Waals surface area (Å²) in [4.78, 5) is 27.3. The molecule has 0 fully saturated rings. The Labute approximate surface area is 196 Å². The third kappa shape index (κ3) is 6.58. The molecule has 33 heavy (non-hydrogen) atoms. The second kappa shape index (κ2) is 11.5. The Hall–Kier alpha value is -3.32. The van der Waals surface area contributed by atoms with Crippen molar-refractivity contribution in [1.29, 1.82) is 0 Å². The summed E-state index contributed by atoms with van der Waals surface area (Å²) >= 11 is 0. The first-order valence-electron chi connectivity index (χ1n) is 11.2. The number of nitrogens with one attached hydrogen (secondary N) is 1. The molecule has 0 atom stereocenters. The molecule has 0 spiro atoms. The monoisotopic (exact) mass is 452 g/mol. The van der Waals surface area contributed by atoms with E-state index >= 15 is 0 Å². The van der Waals surface area contributed by atoms with Crippen LogP contribution in [0.5, 0.6) is 0 Å². The molecule has 0 aromatic heterocycles. The highest BCUT2D eigenvalue weighted by molar-refractivity contribution is 5.86. The van der Waals surface area contributed by atoms with Crippen molar-refractivity contribution in [3.05, 3.63) is 77.7 Å². The Morgan fingerprint density at radius 1 is 1.15 bits per heavy atom. The first-order chi connectivity index (χ1) is 15.6. The van der Waals surface area contributed by atoms with Crippen molar-refractivity contribution in [3.8, 4) is 0 Å². The van der Waals surface area contributed by atoms with E-state index in [1.54, 1.807) is 17.1 Å². The maximum absolute atomic E-state index is 13.3.